The molecule has 2 fully saturated rings. The van der Waals surface area contributed by atoms with E-state index in [1.54, 1.807) is 21.3 Å². The van der Waals surface area contributed by atoms with Crippen LogP contribution >= 0.6 is 0 Å². The summed E-state index contributed by atoms with van der Waals surface area (Å²) in [6.45, 7) is 1.89. The topological polar surface area (TPSA) is 92.0 Å². The number of amides is 1. The zero-order valence-corrected chi connectivity index (χ0v) is 15.0. The highest BCUT2D eigenvalue weighted by Crippen LogP contribution is 2.42. The van der Waals surface area contributed by atoms with Crippen LogP contribution in [0.2, 0.25) is 6.04 Å². The summed E-state index contributed by atoms with van der Waals surface area (Å²) in [6, 6.07) is 1.03. The highest BCUT2D eigenvalue weighted by Gasteiger charge is 2.58. The standard InChI is InChI=1S/C11H25NO3Si.C3H5NO2/c1-13-11(8-6-9-12)7-4-5-10-16(11,14-2)15-3;5-3-4-1-2-6-3/h4-10,12H2,1-3H3;1-2H2,(H,4,5). The SMILES string of the molecule is COC1(CCCN)CCCC[Si]1(OC)OC.O=C1NCCO1. The molecule has 0 aromatic heterocycles. The van der Waals surface area contributed by atoms with Gasteiger partial charge < -0.3 is 29.4 Å². The molecule has 2 heterocycles. The number of alkyl carbamates (subject to hydrolysis) is 1. The van der Waals surface area contributed by atoms with E-state index in [4.69, 9.17) is 19.3 Å². The van der Waals surface area contributed by atoms with Gasteiger partial charge in [-0.2, -0.15) is 0 Å². The zero-order chi connectivity index (χ0) is 16.5. The number of carbonyl (C=O) groups excluding carboxylic acids is 1. The van der Waals surface area contributed by atoms with Crippen molar-refractivity contribution in [2.24, 2.45) is 5.73 Å². The Morgan fingerprint density at radius 1 is 1.32 bits per heavy atom. The molecule has 0 aliphatic carbocycles. The quantitative estimate of drug-likeness (QED) is 0.711. The van der Waals surface area contributed by atoms with Crippen molar-refractivity contribution in [1.82, 2.24) is 5.32 Å². The lowest BCUT2D eigenvalue weighted by molar-refractivity contribution is -0.0153. The zero-order valence-electron chi connectivity index (χ0n) is 14.0. The van der Waals surface area contributed by atoms with Crippen molar-refractivity contribution >= 4 is 14.7 Å². The lowest BCUT2D eigenvalue weighted by atomic mass is 10.1. The second-order valence-corrected chi connectivity index (χ2v) is 9.26. The van der Waals surface area contributed by atoms with Gasteiger partial charge in [0.2, 0.25) is 0 Å². The molecule has 22 heavy (non-hydrogen) atoms. The third-order valence-corrected chi connectivity index (χ3v) is 8.89. The van der Waals surface area contributed by atoms with E-state index in [0.29, 0.717) is 19.7 Å². The first kappa shape index (κ1) is 19.4. The van der Waals surface area contributed by atoms with Crippen molar-refractivity contribution in [3.63, 3.8) is 0 Å². The second kappa shape index (κ2) is 9.46. The summed E-state index contributed by atoms with van der Waals surface area (Å²) in [5.41, 5.74) is 5.61. The monoisotopic (exact) mass is 334 g/mol. The van der Waals surface area contributed by atoms with Gasteiger partial charge in [0, 0.05) is 21.3 Å². The molecule has 1 atom stereocenters. The van der Waals surface area contributed by atoms with Gasteiger partial charge in [0.25, 0.3) is 0 Å². The summed E-state index contributed by atoms with van der Waals surface area (Å²) in [4.78, 5) is 9.91. The van der Waals surface area contributed by atoms with Gasteiger partial charge in [-0.25, -0.2) is 4.79 Å². The van der Waals surface area contributed by atoms with Crippen LogP contribution in [0.4, 0.5) is 4.79 Å². The summed E-state index contributed by atoms with van der Waals surface area (Å²) in [6.07, 6.45) is 5.04. The first-order valence-corrected chi connectivity index (χ1v) is 9.88. The molecule has 1 unspecified atom stereocenters. The minimum atomic E-state index is -2.23. The fourth-order valence-electron chi connectivity index (χ4n) is 3.26. The molecule has 2 aliphatic heterocycles. The van der Waals surface area contributed by atoms with Crippen molar-refractivity contribution < 1.29 is 23.1 Å². The molecule has 0 aromatic carbocycles. The van der Waals surface area contributed by atoms with Crippen LogP contribution in [0.1, 0.15) is 32.1 Å². The molecule has 130 valence electrons. The van der Waals surface area contributed by atoms with Crippen LogP contribution in [0.25, 0.3) is 0 Å². The van der Waals surface area contributed by atoms with E-state index >= 15 is 0 Å². The maximum absolute atomic E-state index is 9.91. The summed E-state index contributed by atoms with van der Waals surface area (Å²) in [5, 5.41) is 2.26. The summed E-state index contributed by atoms with van der Waals surface area (Å²) in [5.74, 6) is 0. The number of methoxy groups -OCH3 is 1. The third kappa shape index (κ3) is 4.42. The Labute approximate surface area is 134 Å². The van der Waals surface area contributed by atoms with E-state index in [-0.39, 0.29) is 11.3 Å². The predicted octanol–water partition coefficient (Wildman–Crippen LogP) is 1.29. The Morgan fingerprint density at radius 3 is 2.45 bits per heavy atom. The first-order valence-electron chi connectivity index (χ1n) is 7.86. The maximum atomic E-state index is 9.91. The molecule has 8 heteroatoms. The molecular weight excluding hydrogens is 304 g/mol. The van der Waals surface area contributed by atoms with Gasteiger partial charge in [-0.1, -0.05) is 12.8 Å². The van der Waals surface area contributed by atoms with E-state index in [1.807, 2.05) is 0 Å². The lowest BCUT2D eigenvalue weighted by Crippen LogP contribution is -2.64. The minimum Gasteiger partial charge on any atom is -0.448 e. The molecule has 7 nitrogen and oxygen atoms in total. The maximum Gasteiger partial charge on any atom is 0.407 e. The van der Waals surface area contributed by atoms with E-state index in [2.05, 4.69) is 10.1 Å². The summed E-state index contributed by atoms with van der Waals surface area (Å²) in [7, 11) is 3.08. The van der Waals surface area contributed by atoms with Crippen LogP contribution in [0.5, 0.6) is 0 Å². The molecule has 0 aromatic rings. The first-order chi connectivity index (χ1) is 10.6. The average Bonchev–Trinajstić information content (AvgIpc) is 3.04. The van der Waals surface area contributed by atoms with Crippen LogP contribution in [0.3, 0.4) is 0 Å². The van der Waals surface area contributed by atoms with Gasteiger partial charge in [0.05, 0.1) is 6.54 Å². The van der Waals surface area contributed by atoms with Gasteiger partial charge in [-0.3, -0.25) is 0 Å². The summed E-state index contributed by atoms with van der Waals surface area (Å²) >= 11 is 0. The van der Waals surface area contributed by atoms with E-state index in [9.17, 15) is 4.79 Å². The van der Waals surface area contributed by atoms with E-state index in [0.717, 1.165) is 25.3 Å². The number of carbonyl (C=O) groups is 1. The van der Waals surface area contributed by atoms with E-state index in [1.165, 1.54) is 12.8 Å². The number of hydrogen-bond acceptors (Lipinski definition) is 6. The smallest absolute Gasteiger partial charge is 0.407 e. The Kier molecular flexibility index (Phi) is 8.33. The van der Waals surface area contributed by atoms with Crippen LogP contribution in [-0.2, 0) is 18.3 Å². The molecule has 2 saturated heterocycles. The van der Waals surface area contributed by atoms with Gasteiger partial charge in [0.15, 0.2) is 0 Å². The second-order valence-electron chi connectivity index (χ2n) is 5.52. The number of ether oxygens (including phenoxy) is 2. The van der Waals surface area contributed by atoms with Crippen molar-refractivity contribution in [3.05, 3.63) is 0 Å². The molecule has 2 aliphatic rings. The number of hydrogen-bond donors (Lipinski definition) is 2. The Balaban J connectivity index is 0.000000335. The Morgan fingerprint density at radius 2 is 2.05 bits per heavy atom. The summed E-state index contributed by atoms with van der Waals surface area (Å²) < 4.78 is 21.8. The molecule has 0 radical (unpaired) electrons. The predicted molar refractivity (Wildman–Crippen MR) is 85.8 cm³/mol. The molecule has 0 saturated carbocycles. The fraction of sp³-hybridized carbons (Fsp3) is 0.929. The largest absolute Gasteiger partial charge is 0.448 e. The van der Waals surface area contributed by atoms with Crippen molar-refractivity contribution in [2.75, 3.05) is 41.0 Å². The highest BCUT2D eigenvalue weighted by molar-refractivity contribution is 6.70. The van der Waals surface area contributed by atoms with Gasteiger partial charge in [-0.15, -0.1) is 0 Å². The van der Waals surface area contributed by atoms with Crippen molar-refractivity contribution in [1.29, 1.82) is 0 Å². The van der Waals surface area contributed by atoms with Crippen LogP contribution in [0.15, 0.2) is 0 Å². The minimum absolute atomic E-state index is 0.200. The molecule has 0 bridgehead atoms. The van der Waals surface area contributed by atoms with Crippen molar-refractivity contribution in [3.8, 4) is 0 Å². The lowest BCUT2D eigenvalue weighted by Gasteiger charge is -2.48. The normalized spacial score (nSPS) is 26.6. The average molecular weight is 334 g/mol. The number of nitrogens with one attached hydrogen (secondary N) is 1. The number of rotatable bonds is 6. The highest BCUT2D eigenvalue weighted by atomic mass is 28.4. The molecule has 3 N–H and O–H groups in total. The molecule has 1 amide bonds. The molecule has 2 rings (SSSR count). The van der Waals surface area contributed by atoms with Crippen LogP contribution in [0, 0.1) is 0 Å². The van der Waals surface area contributed by atoms with Crippen LogP contribution in [-0.4, -0.2) is 60.9 Å². The molecule has 0 spiro atoms. The Bertz CT molecular complexity index is 333. The van der Waals surface area contributed by atoms with Gasteiger partial charge in [-0.05, 0) is 31.9 Å². The molecular formula is C14H30N2O5Si. The van der Waals surface area contributed by atoms with Gasteiger partial charge in [0.1, 0.15) is 11.8 Å². The van der Waals surface area contributed by atoms with Gasteiger partial charge >= 0.3 is 14.7 Å². The number of nitrogens with two attached hydrogens (primary N) is 1. The number of cyclic esters (lactones) is 1. The Hall–Kier alpha value is -0.673. The van der Waals surface area contributed by atoms with Crippen molar-refractivity contribution in [2.45, 2.75) is 43.4 Å². The fourth-order valence-corrected chi connectivity index (χ4v) is 7.17. The van der Waals surface area contributed by atoms with Crippen LogP contribution < -0.4 is 11.1 Å². The van der Waals surface area contributed by atoms with E-state index < -0.39 is 8.56 Å². The third-order valence-electron chi connectivity index (χ3n) is 4.47.